The van der Waals surface area contributed by atoms with E-state index in [9.17, 15) is 4.57 Å². The van der Waals surface area contributed by atoms with Gasteiger partial charge in [0.15, 0.2) is 7.14 Å². The van der Waals surface area contributed by atoms with Crippen LogP contribution in [0.2, 0.25) is 0 Å². The van der Waals surface area contributed by atoms with Gasteiger partial charge in [-0.1, -0.05) is 127 Å². The minimum Gasteiger partial charge on any atom is -0.309 e. The summed E-state index contributed by atoms with van der Waals surface area (Å²) in [6, 6.07) is 36.0. The Hall–Kier alpha value is -3.15. The van der Waals surface area contributed by atoms with Gasteiger partial charge in [-0.2, -0.15) is 0 Å². The largest absolute Gasteiger partial charge is 0.309 e. The summed E-state index contributed by atoms with van der Waals surface area (Å²) in [4.78, 5) is 0. The summed E-state index contributed by atoms with van der Waals surface area (Å²) in [5.74, 6) is 0. The molecule has 0 saturated heterocycles. The predicted molar refractivity (Wildman–Crippen MR) is 126 cm³/mol. The summed E-state index contributed by atoms with van der Waals surface area (Å²) in [5.41, 5.74) is 3.34. The van der Waals surface area contributed by atoms with Crippen molar-refractivity contribution in [2.24, 2.45) is 0 Å². The van der Waals surface area contributed by atoms with Crippen molar-refractivity contribution in [3.63, 3.8) is 0 Å². The molecule has 4 aromatic carbocycles. The van der Waals surface area contributed by atoms with E-state index in [0.29, 0.717) is 0 Å². The third-order valence-electron chi connectivity index (χ3n) is 5.05. The van der Waals surface area contributed by atoms with Crippen LogP contribution in [0.25, 0.3) is 12.2 Å². The molecule has 4 rings (SSSR count). The van der Waals surface area contributed by atoms with E-state index >= 15 is 0 Å². The average molecular weight is 394 g/mol. The molecular formula is C27H23OP. The molecule has 0 fully saturated rings. The number of aryl methyl sites for hydroxylation is 1. The monoisotopic (exact) mass is 394 g/mol. The zero-order chi connectivity index (χ0) is 20.1. The molecule has 0 N–H and O–H groups in total. The lowest BCUT2D eigenvalue weighted by Crippen LogP contribution is -2.26. The van der Waals surface area contributed by atoms with Gasteiger partial charge in [0.05, 0.1) is 0 Å². The lowest BCUT2D eigenvalue weighted by Gasteiger charge is -2.21. The highest BCUT2D eigenvalue weighted by molar-refractivity contribution is 7.85. The standard InChI is InChI=1S/C27H23OP/c1-22-16-18-23(19-17-22)20-21-24-10-8-9-15-27(24)29(28,25-11-4-2-5-12-25)26-13-6-3-7-14-26/h2-21H,1H3/b21-20+. The molecular weight excluding hydrogens is 371 g/mol. The summed E-state index contributed by atoms with van der Waals surface area (Å²) in [6.45, 7) is 2.08. The molecule has 142 valence electrons. The van der Waals surface area contributed by atoms with Crippen LogP contribution in [-0.4, -0.2) is 0 Å². The van der Waals surface area contributed by atoms with E-state index in [1.807, 2.05) is 84.9 Å². The molecule has 2 heteroatoms. The van der Waals surface area contributed by atoms with Crippen molar-refractivity contribution < 1.29 is 4.57 Å². The SMILES string of the molecule is Cc1ccc(/C=C/c2ccccc2P(=O)(c2ccccc2)c2ccccc2)cc1. The first-order valence-corrected chi connectivity index (χ1v) is 11.4. The first kappa shape index (κ1) is 19.2. The van der Waals surface area contributed by atoms with Crippen LogP contribution >= 0.6 is 7.14 Å². The van der Waals surface area contributed by atoms with Crippen molar-refractivity contribution in [2.75, 3.05) is 0 Å². The summed E-state index contributed by atoms with van der Waals surface area (Å²) in [5, 5.41) is 2.56. The lowest BCUT2D eigenvalue weighted by atomic mass is 10.1. The van der Waals surface area contributed by atoms with Crippen LogP contribution in [0.3, 0.4) is 0 Å². The van der Waals surface area contributed by atoms with Crippen LogP contribution in [0.15, 0.2) is 109 Å². The van der Waals surface area contributed by atoms with Gasteiger partial charge in [-0.3, -0.25) is 0 Å². The van der Waals surface area contributed by atoms with Gasteiger partial charge in [-0.05, 0) is 18.1 Å². The van der Waals surface area contributed by atoms with Crippen molar-refractivity contribution in [3.8, 4) is 0 Å². The molecule has 4 aromatic rings. The summed E-state index contributed by atoms with van der Waals surface area (Å²) in [7, 11) is -2.99. The Kier molecular flexibility index (Phi) is 5.60. The van der Waals surface area contributed by atoms with E-state index in [1.54, 1.807) is 0 Å². The van der Waals surface area contributed by atoms with E-state index in [-0.39, 0.29) is 0 Å². The molecule has 1 nitrogen and oxygen atoms in total. The van der Waals surface area contributed by atoms with Crippen molar-refractivity contribution >= 4 is 35.2 Å². The Morgan fingerprint density at radius 3 is 1.69 bits per heavy atom. The Morgan fingerprint density at radius 1 is 0.586 bits per heavy atom. The van der Waals surface area contributed by atoms with Crippen LogP contribution in [0, 0.1) is 6.92 Å². The minimum atomic E-state index is -2.99. The van der Waals surface area contributed by atoms with Gasteiger partial charge in [-0.15, -0.1) is 0 Å². The van der Waals surface area contributed by atoms with Crippen molar-refractivity contribution in [1.29, 1.82) is 0 Å². The van der Waals surface area contributed by atoms with E-state index in [0.717, 1.165) is 27.0 Å². The Balaban J connectivity index is 1.87. The molecule has 0 saturated carbocycles. The van der Waals surface area contributed by atoms with E-state index in [2.05, 4.69) is 43.3 Å². The normalized spacial score (nSPS) is 11.6. The quantitative estimate of drug-likeness (QED) is 0.309. The maximum atomic E-state index is 14.7. The van der Waals surface area contributed by atoms with Crippen LogP contribution in [0.5, 0.6) is 0 Å². The fourth-order valence-electron chi connectivity index (χ4n) is 3.48. The van der Waals surface area contributed by atoms with E-state index in [1.165, 1.54) is 5.56 Å². The zero-order valence-electron chi connectivity index (χ0n) is 16.4. The van der Waals surface area contributed by atoms with Gasteiger partial charge < -0.3 is 4.57 Å². The summed E-state index contributed by atoms with van der Waals surface area (Å²) >= 11 is 0. The molecule has 29 heavy (non-hydrogen) atoms. The molecule has 0 heterocycles. The molecule has 0 spiro atoms. The Morgan fingerprint density at radius 2 is 1.10 bits per heavy atom. The first-order chi connectivity index (χ1) is 14.2. The molecule has 0 aliphatic heterocycles. The topological polar surface area (TPSA) is 17.1 Å². The van der Waals surface area contributed by atoms with Crippen LogP contribution in [-0.2, 0) is 4.57 Å². The average Bonchev–Trinajstić information content (AvgIpc) is 2.79. The molecule has 0 radical (unpaired) electrons. The van der Waals surface area contributed by atoms with E-state index in [4.69, 9.17) is 0 Å². The van der Waals surface area contributed by atoms with Crippen molar-refractivity contribution in [3.05, 3.63) is 126 Å². The zero-order valence-corrected chi connectivity index (χ0v) is 17.3. The maximum Gasteiger partial charge on any atom is 0.171 e. The fourth-order valence-corrected chi connectivity index (χ4v) is 6.33. The predicted octanol–water partition coefficient (Wildman–Crippen LogP) is 5.80. The number of hydrogen-bond donors (Lipinski definition) is 0. The van der Waals surface area contributed by atoms with Gasteiger partial charge in [0.25, 0.3) is 0 Å². The van der Waals surface area contributed by atoms with Crippen molar-refractivity contribution in [2.45, 2.75) is 6.92 Å². The second kappa shape index (κ2) is 8.47. The Bertz CT molecular complexity index is 1120. The summed E-state index contributed by atoms with van der Waals surface area (Å²) < 4.78 is 14.7. The second-order valence-corrected chi connectivity index (χ2v) is 9.82. The summed E-state index contributed by atoms with van der Waals surface area (Å²) in [6.07, 6.45) is 4.15. The molecule has 0 aromatic heterocycles. The van der Waals surface area contributed by atoms with Gasteiger partial charge in [0, 0.05) is 15.9 Å². The van der Waals surface area contributed by atoms with Gasteiger partial charge >= 0.3 is 0 Å². The van der Waals surface area contributed by atoms with Crippen LogP contribution in [0.4, 0.5) is 0 Å². The molecule has 0 aliphatic carbocycles. The third-order valence-corrected chi connectivity index (χ3v) is 8.18. The van der Waals surface area contributed by atoms with E-state index < -0.39 is 7.14 Å². The highest BCUT2D eigenvalue weighted by Crippen LogP contribution is 2.43. The smallest absolute Gasteiger partial charge is 0.171 e. The fraction of sp³-hybridized carbons (Fsp3) is 0.0370. The molecule has 0 bridgehead atoms. The maximum absolute atomic E-state index is 14.7. The van der Waals surface area contributed by atoms with Gasteiger partial charge in [0.1, 0.15) is 0 Å². The highest BCUT2D eigenvalue weighted by Gasteiger charge is 2.30. The van der Waals surface area contributed by atoms with Crippen LogP contribution < -0.4 is 15.9 Å². The number of rotatable bonds is 5. The molecule has 0 amide bonds. The first-order valence-electron chi connectivity index (χ1n) is 9.73. The second-order valence-electron chi connectivity index (χ2n) is 7.08. The van der Waals surface area contributed by atoms with Gasteiger partial charge in [0.2, 0.25) is 0 Å². The molecule has 0 atom stereocenters. The lowest BCUT2D eigenvalue weighted by molar-refractivity contribution is 0.592. The van der Waals surface area contributed by atoms with Gasteiger partial charge in [-0.25, -0.2) is 0 Å². The molecule has 0 unspecified atom stereocenters. The number of hydrogen-bond acceptors (Lipinski definition) is 1. The van der Waals surface area contributed by atoms with Crippen molar-refractivity contribution in [1.82, 2.24) is 0 Å². The van der Waals surface area contributed by atoms with Crippen LogP contribution in [0.1, 0.15) is 16.7 Å². The third kappa shape index (κ3) is 4.01. The number of benzene rings is 4. The Labute approximate surface area is 172 Å². The molecule has 0 aliphatic rings. The minimum absolute atomic E-state index is 0.849. The highest BCUT2D eigenvalue weighted by atomic mass is 31.2.